The molecule has 0 N–H and O–H groups in total. The second kappa shape index (κ2) is 9.09. The number of para-hydroxylation sites is 1. The molecule has 1 aromatic carbocycles. The van der Waals surface area contributed by atoms with E-state index in [-0.39, 0.29) is 18.1 Å². The normalized spacial score (nSPS) is 18.1. The Morgan fingerprint density at radius 1 is 1.17 bits per heavy atom. The van der Waals surface area contributed by atoms with Crippen LogP contribution in [0.3, 0.4) is 0 Å². The first kappa shape index (κ1) is 22.9. The van der Waals surface area contributed by atoms with Gasteiger partial charge in [0, 0.05) is 17.0 Å². The van der Waals surface area contributed by atoms with E-state index >= 15 is 0 Å². The molecule has 1 atom stereocenters. The number of aromatic nitrogens is 1. The van der Waals surface area contributed by atoms with E-state index in [0.29, 0.717) is 38.3 Å². The number of rotatable bonds is 6. The molecule has 0 radical (unpaired) electrons. The highest BCUT2D eigenvalue weighted by atomic mass is 32.1. The van der Waals surface area contributed by atoms with Gasteiger partial charge in [-0.05, 0) is 24.4 Å². The molecule has 0 saturated carbocycles. The molecule has 0 spiro atoms. The van der Waals surface area contributed by atoms with E-state index in [9.17, 15) is 14.4 Å². The van der Waals surface area contributed by atoms with Gasteiger partial charge < -0.3 is 9.64 Å². The Balaban J connectivity index is 1.78. The van der Waals surface area contributed by atoms with Crippen LogP contribution < -0.4 is 19.8 Å². The van der Waals surface area contributed by atoms with E-state index in [2.05, 4.69) is 18.2 Å². The number of amides is 1. The van der Waals surface area contributed by atoms with Crippen LogP contribution in [0.15, 0.2) is 88.1 Å². The first-order valence-corrected chi connectivity index (χ1v) is 12.6. The van der Waals surface area contributed by atoms with E-state index in [1.807, 2.05) is 41.8 Å². The number of thiazole rings is 1. The van der Waals surface area contributed by atoms with Crippen molar-refractivity contribution in [3.8, 4) is 0 Å². The summed E-state index contributed by atoms with van der Waals surface area (Å²) < 4.78 is 7.13. The number of hydrogen-bond acceptors (Lipinski definition) is 7. The molecule has 0 aliphatic carbocycles. The molecular formula is C26H21N3O4S2. The fraction of sp³-hybridized carbons (Fsp3) is 0.154. The van der Waals surface area contributed by atoms with E-state index in [4.69, 9.17) is 4.74 Å². The zero-order valence-corrected chi connectivity index (χ0v) is 20.5. The number of carbonyl (C=O) groups is 2. The summed E-state index contributed by atoms with van der Waals surface area (Å²) >= 11 is 2.59. The molecule has 0 bridgehead atoms. The lowest BCUT2D eigenvalue weighted by molar-refractivity contribution is -0.138. The molecule has 2 aliphatic rings. The smallest absolute Gasteiger partial charge is 0.338 e. The number of nitrogens with zero attached hydrogens (tertiary/aromatic N) is 3. The number of ether oxygens (including phenoxy) is 1. The first-order valence-electron chi connectivity index (χ1n) is 10.9. The number of thiophene rings is 1. The largest absolute Gasteiger partial charge is 0.458 e. The molecule has 2 aliphatic heterocycles. The van der Waals surface area contributed by atoms with Crippen molar-refractivity contribution in [2.45, 2.75) is 13.0 Å². The van der Waals surface area contributed by atoms with Gasteiger partial charge >= 0.3 is 5.97 Å². The Labute approximate surface area is 208 Å². The van der Waals surface area contributed by atoms with Gasteiger partial charge in [-0.25, -0.2) is 9.79 Å². The van der Waals surface area contributed by atoms with Crippen molar-refractivity contribution in [1.82, 2.24) is 4.57 Å². The van der Waals surface area contributed by atoms with Gasteiger partial charge in [0.1, 0.15) is 17.2 Å². The number of allylic oxidation sites excluding steroid dienone is 1. The van der Waals surface area contributed by atoms with Crippen LogP contribution in [0.25, 0.3) is 5.57 Å². The predicted molar refractivity (Wildman–Crippen MR) is 137 cm³/mol. The van der Waals surface area contributed by atoms with Gasteiger partial charge in [-0.3, -0.25) is 14.2 Å². The monoisotopic (exact) mass is 503 g/mol. The Morgan fingerprint density at radius 2 is 1.97 bits per heavy atom. The summed E-state index contributed by atoms with van der Waals surface area (Å²) in [7, 11) is 0. The van der Waals surface area contributed by atoms with Crippen molar-refractivity contribution >= 4 is 45.8 Å². The summed E-state index contributed by atoms with van der Waals surface area (Å²) in [5.41, 5.74) is 2.17. The van der Waals surface area contributed by atoms with Crippen molar-refractivity contribution in [2.75, 3.05) is 18.1 Å². The van der Waals surface area contributed by atoms with Crippen LogP contribution in [0.2, 0.25) is 0 Å². The van der Waals surface area contributed by atoms with E-state index in [1.165, 1.54) is 22.0 Å². The fourth-order valence-electron chi connectivity index (χ4n) is 4.37. The molecule has 9 heteroatoms. The van der Waals surface area contributed by atoms with Gasteiger partial charge in [0.25, 0.3) is 11.5 Å². The summed E-state index contributed by atoms with van der Waals surface area (Å²) in [6, 6.07) is 10.4. The maximum absolute atomic E-state index is 13.9. The molecule has 1 unspecified atom stereocenters. The van der Waals surface area contributed by atoms with Crippen molar-refractivity contribution in [3.05, 3.63) is 108 Å². The predicted octanol–water partition coefficient (Wildman–Crippen LogP) is 2.93. The lowest BCUT2D eigenvalue weighted by Crippen LogP contribution is -2.40. The standard InChI is InChI=1S/C26H21N3O4S2/c1-4-12-28-17-10-7-6-9-16(17)20(23(28)30)22-24(31)29-21(18-11-8-14-34-18)19(25(32)33-13-5-2)15(3)27-26(29)35-22/h4-11,14,21H,1-2,12-13H2,3H3. The highest BCUT2D eigenvalue weighted by molar-refractivity contribution is 7.10. The first-order chi connectivity index (χ1) is 17.0. The van der Waals surface area contributed by atoms with Crippen LogP contribution in [-0.2, 0) is 14.3 Å². The van der Waals surface area contributed by atoms with Crippen LogP contribution in [0.5, 0.6) is 0 Å². The van der Waals surface area contributed by atoms with E-state index in [1.54, 1.807) is 17.9 Å². The summed E-state index contributed by atoms with van der Waals surface area (Å²) in [5, 5.41) is 1.89. The fourth-order valence-corrected chi connectivity index (χ4v) is 6.33. The second-order valence-electron chi connectivity index (χ2n) is 7.90. The molecule has 35 heavy (non-hydrogen) atoms. The summed E-state index contributed by atoms with van der Waals surface area (Å²) in [5.74, 6) is -0.813. The maximum atomic E-state index is 13.9. The van der Waals surface area contributed by atoms with Crippen molar-refractivity contribution in [3.63, 3.8) is 0 Å². The number of fused-ring (bicyclic) bond motifs is 2. The SMILES string of the molecule is C=CCOC(=O)C1=C(C)N=c2sc(=C3C(=O)N(CC=C)c4ccccc43)c(=O)n2C1c1cccs1. The minimum atomic E-state index is -0.700. The number of esters is 1. The minimum Gasteiger partial charge on any atom is -0.458 e. The number of carbonyl (C=O) groups excluding carboxylic acids is 2. The van der Waals surface area contributed by atoms with Crippen molar-refractivity contribution in [1.29, 1.82) is 0 Å². The Kier molecular flexibility index (Phi) is 5.96. The molecule has 176 valence electrons. The van der Waals surface area contributed by atoms with Crippen LogP contribution in [0.4, 0.5) is 5.69 Å². The third-order valence-electron chi connectivity index (χ3n) is 5.82. The lowest BCUT2D eigenvalue weighted by Gasteiger charge is -2.23. The Morgan fingerprint density at radius 3 is 2.69 bits per heavy atom. The Hall–Kier alpha value is -3.82. The van der Waals surface area contributed by atoms with Crippen LogP contribution in [0.1, 0.15) is 23.4 Å². The topological polar surface area (TPSA) is 81.0 Å². The minimum absolute atomic E-state index is 0.0474. The second-order valence-corrected chi connectivity index (χ2v) is 9.86. The molecular weight excluding hydrogens is 482 g/mol. The van der Waals surface area contributed by atoms with Crippen LogP contribution in [0, 0.1) is 0 Å². The summed E-state index contributed by atoms with van der Waals surface area (Å²) in [6.45, 7) is 9.46. The molecule has 5 rings (SSSR count). The molecule has 2 aromatic heterocycles. The molecule has 3 aromatic rings. The van der Waals surface area contributed by atoms with Gasteiger partial charge in [0.05, 0.1) is 22.5 Å². The third kappa shape index (κ3) is 3.64. The van der Waals surface area contributed by atoms with Gasteiger partial charge in [-0.15, -0.1) is 17.9 Å². The number of hydrogen-bond donors (Lipinski definition) is 0. The molecule has 1 amide bonds. The number of benzene rings is 1. The average molecular weight is 504 g/mol. The summed E-state index contributed by atoms with van der Waals surface area (Å²) in [6.07, 6.45) is 3.14. The average Bonchev–Trinajstić information content (AvgIpc) is 3.55. The highest BCUT2D eigenvalue weighted by Crippen LogP contribution is 2.36. The quantitative estimate of drug-likeness (QED) is 0.383. The molecule has 0 fully saturated rings. The van der Waals surface area contributed by atoms with Gasteiger partial charge in [-0.2, -0.15) is 0 Å². The molecule has 0 saturated heterocycles. The van der Waals surface area contributed by atoms with Gasteiger partial charge in [-0.1, -0.05) is 54.3 Å². The van der Waals surface area contributed by atoms with Gasteiger partial charge in [0.2, 0.25) is 0 Å². The van der Waals surface area contributed by atoms with Gasteiger partial charge in [0.15, 0.2) is 4.80 Å². The maximum Gasteiger partial charge on any atom is 0.338 e. The zero-order valence-electron chi connectivity index (χ0n) is 18.9. The lowest BCUT2D eigenvalue weighted by atomic mass is 10.0. The van der Waals surface area contributed by atoms with Crippen LogP contribution >= 0.6 is 22.7 Å². The summed E-state index contributed by atoms with van der Waals surface area (Å²) in [4.78, 5) is 47.8. The van der Waals surface area contributed by atoms with Crippen molar-refractivity contribution < 1.29 is 14.3 Å². The van der Waals surface area contributed by atoms with Crippen molar-refractivity contribution in [2.24, 2.45) is 4.99 Å². The number of anilines is 1. The van der Waals surface area contributed by atoms with E-state index in [0.717, 1.165) is 21.9 Å². The zero-order chi connectivity index (χ0) is 24.7. The molecule has 7 nitrogen and oxygen atoms in total. The molecule has 4 heterocycles. The highest BCUT2D eigenvalue weighted by Gasteiger charge is 2.37. The third-order valence-corrected chi connectivity index (χ3v) is 7.80. The van der Waals surface area contributed by atoms with E-state index < -0.39 is 12.0 Å². The van der Waals surface area contributed by atoms with Crippen LogP contribution in [-0.4, -0.2) is 29.6 Å². The Bertz CT molecular complexity index is 1590.